The van der Waals surface area contributed by atoms with Crippen LogP contribution in [0.2, 0.25) is 0 Å². The molecule has 8 nitrogen and oxygen atoms in total. The maximum Gasteiger partial charge on any atom is 0.416 e. The Morgan fingerprint density at radius 2 is 1.89 bits per heavy atom. The van der Waals surface area contributed by atoms with Gasteiger partial charge in [-0.3, -0.25) is 4.72 Å². The fourth-order valence-corrected chi connectivity index (χ4v) is 5.60. The molecule has 0 radical (unpaired) electrons. The molecule has 0 unspecified atom stereocenters. The number of nitrogens with one attached hydrogen (secondary N) is 1. The standard InChI is InChI=1S/C24H19F3N4O4S2/c1-14-29-12-15(13-30-14)19-10-16(24(25,26)27)2-5-20(19)35-21-6-8-34-22-11-17(3-4-18(21)22)37(32,33)31-23-28-7-9-36-23/h2-5,7,9-13,21H,6,8H2,1H3,(H,28,31)/t21-/m1/s1. The summed E-state index contributed by atoms with van der Waals surface area (Å²) in [6.45, 7) is 1.90. The number of anilines is 1. The van der Waals surface area contributed by atoms with E-state index in [1.54, 1.807) is 18.4 Å². The molecule has 5 rings (SSSR count). The summed E-state index contributed by atoms with van der Waals surface area (Å²) in [5.41, 5.74) is 0.305. The second kappa shape index (κ2) is 9.63. The van der Waals surface area contributed by atoms with Crippen molar-refractivity contribution >= 4 is 26.5 Å². The number of aryl methyl sites for hydroxylation is 1. The molecule has 0 saturated carbocycles. The zero-order chi connectivity index (χ0) is 26.2. The molecule has 192 valence electrons. The topological polar surface area (TPSA) is 103 Å². The summed E-state index contributed by atoms with van der Waals surface area (Å²) < 4.78 is 80.2. The number of aromatic nitrogens is 3. The Morgan fingerprint density at radius 1 is 1.11 bits per heavy atom. The van der Waals surface area contributed by atoms with Gasteiger partial charge in [-0.25, -0.2) is 23.4 Å². The van der Waals surface area contributed by atoms with Gasteiger partial charge in [0.2, 0.25) is 0 Å². The van der Waals surface area contributed by atoms with Crippen molar-refractivity contribution < 1.29 is 31.1 Å². The lowest BCUT2D eigenvalue weighted by molar-refractivity contribution is -0.137. The number of hydrogen-bond donors (Lipinski definition) is 1. The van der Waals surface area contributed by atoms with Crippen LogP contribution < -0.4 is 14.2 Å². The highest BCUT2D eigenvalue weighted by molar-refractivity contribution is 7.93. The van der Waals surface area contributed by atoms with Crippen molar-refractivity contribution in [1.29, 1.82) is 0 Å². The molecule has 0 saturated heterocycles. The van der Waals surface area contributed by atoms with Crippen LogP contribution in [0.3, 0.4) is 0 Å². The van der Waals surface area contributed by atoms with Gasteiger partial charge in [0.1, 0.15) is 23.4 Å². The smallest absolute Gasteiger partial charge is 0.416 e. The SMILES string of the molecule is Cc1ncc(-c2cc(C(F)(F)F)ccc2O[C@@H]2CCOc3cc(S(=O)(=O)Nc4nccs4)ccc32)cn1. The normalized spacial score (nSPS) is 15.5. The molecule has 1 atom stereocenters. The van der Waals surface area contributed by atoms with E-state index in [9.17, 15) is 21.6 Å². The Balaban J connectivity index is 1.47. The van der Waals surface area contributed by atoms with E-state index in [4.69, 9.17) is 9.47 Å². The molecular weight excluding hydrogens is 529 g/mol. The van der Waals surface area contributed by atoms with Crippen LogP contribution in [0.25, 0.3) is 11.1 Å². The molecule has 0 amide bonds. The van der Waals surface area contributed by atoms with Gasteiger partial charge in [0.25, 0.3) is 10.0 Å². The van der Waals surface area contributed by atoms with Crippen LogP contribution in [0, 0.1) is 6.92 Å². The van der Waals surface area contributed by atoms with Crippen LogP contribution in [-0.4, -0.2) is 30.0 Å². The molecule has 0 bridgehead atoms. The number of hydrogen-bond acceptors (Lipinski definition) is 8. The number of halogens is 3. The summed E-state index contributed by atoms with van der Waals surface area (Å²) in [5, 5.41) is 1.88. The first-order chi connectivity index (χ1) is 17.6. The van der Waals surface area contributed by atoms with Crippen LogP contribution in [0.15, 0.2) is 65.3 Å². The minimum absolute atomic E-state index is 0.0193. The summed E-state index contributed by atoms with van der Waals surface area (Å²) in [7, 11) is -3.90. The summed E-state index contributed by atoms with van der Waals surface area (Å²) >= 11 is 1.15. The van der Waals surface area contributed by atoms with Gasteiger partial charge in [0, 0.05) is 53.1 Å². The Kier molecular flexibility index (Phi) is 6.50. The summed E-state index contributed by atoms with van der Waals surface area (Å²) in [6.07, 6.45) is -0.363. The predicted octanol–water partition coefficient (Wildman–Crippen LogP) is 5.63. The van der Waals surface area contributed by atoms with Crippen molar-refractivity contribution in [3.63, 3.8) is 0 Å². The Bertz CT molecular complexity index is 1530. The third kappa shape index (κ3) is 5.37. The highest BCUT2D eigenvalue weighted by Gasteiger charge is 2.32. The van der Waals surface area contributed by atoms with Crippen LogP contribution in [0.5, 0.6) is 11.5 Å². The van der Waals surface area contributed by atoms with E-state index in [0.29, 0.717) is 29.1 Å². The molecule has 3 heterocycles. The third-order valence-corrected chi connectivity index (χ3v) is 7.76. The minimum Gasteiger partial charge on any atom is -0.493 e. The minimum atomic E-state index is -4.54. The summed E-state index contributed by atoms with van der Waals surface area (Å²) in [5.74, 6) is 0.998. The van der Waals surface area contributed by atoms with E-state index in [1.807, 2.05) is 0 Å². The van der Waals surface area contributed by atoms with E-state index in [-0.39, 0.29) is 27.9 Å². The maximum atomic E-state index is 13.4. The molecule has 4 aromatic rings. The lowest BCUT2D eigenvalue weighted by Gasteiger charge is -2.28. The largest absolute Gasteiger partial charge is 0.493 e. The van der Waals surface area contributed by atoms with Gasteiger partial charge in [0.15, 0.2) is 5.13 Å². The zero-order valence-electron chi connectivity index (χ0n) is 19.2. The number of thiazole rings is 1. The van der Waals surface area contributed by atoms with Gasteiger partial charge in [-0.1, -0.05) is 6.07 Å². The van der Waals surface area contributed by atoms with Gasteiger partial charge in [-0.05, 0) is 31.2 Å². The molecule has 1 aliphatic heterocycles. The lowest BCUT2D eigenvalue weighted by atomic mass is 10.0. The molecule has 2 aromatic carbocycles. The molecule has 0 spiro atoms. The predicted molar refractivity (Wildman–Crippen MR) is 130 cm³/mol. The number of rotatable bonds is 6. The van der Waals surface area contributed by atoms with Gasteiger partial charge in [0.05, 0.1) is 17.1 Å². The lowest BCUT2D eigenvalue weighted by Crippen LogP contribution is -2.20. The van der Waals surface area contributed by atoms with Crippen molar-refractivity contribution in [3.8, 4) is 22.6 Å². The number of ether oxygens (including phenoxy) is 2. The van der Waals surface area contributed by atoms with E-state index < -0.39 is 27.9 Å². The Morgan fingerprint density at radius 3 is 2.59 bits per heavy atom. The zero-order valence-corrected chi connectivity index (χ0v) is 20.8. The quantitative estimate of drug-likeness (QED) is 0.333. The van der Waals surface area contributed by atoms with Crippen LogP contribution in [0.1, 0.15) is 29.5 Å². The number of benzene rings is 2. The van der Waals surface area contributed by atoms with Crippen LogP contribution in [-0.2, 0) is 16.2 Å². The Hall–Kier alpha value is -3.71. The second-order valence-corrected chi connectivity index (χ2v) is 10.7. The fraction of sp³-hybridized carbons (Fsp3) is 0.208. The monoisotopic (exact) mass is 548 g/mol. The molecule has 37 heavy (non-hydrogen) atoms. The van der Waals surface area contributed by atoms with Crippen molar-refractivity contribution in [2.24, 2.45) is 0 Å². The van der Waals surface area contributed by atoms with Crippen LogP contribution in [0.4, 0.5) is 18.3 Å². The fourth-order valence-electron chi connectivity index (χ4n) is 3.79. The van der Waals surface area contributed by atoms with Gasteiger partial charge in [-0.15, -0.1) is 11.3 Å². The summed E-state index contributed by atoms with van der Waals surface area (Å²) in [4.78, 5) is 12.1. The van der Waals surface area contributed by atoms with Gasteiger partial charge >= 0.3 is 6.18 Å². The average Bonchev–Trinajstić information content (AvgIpc) is 3.36. The maximum absolute atomic E-state index is 13.4. The molecular formula is C24H19F3N4O4S2. The molecule has 2 aromatic heterocycles. The Labute approximate surface area is 214 Å². The highest BCUT2D eigenvalue weighted by atomic mass is 32.2. The summed E-state index contributed by atoms with van der Waals surface area (Å²) in [6, 6.07) is 7.61. The van der Waals surface area contributed by atoms with Crippen molar-refractivity contribution in [2.75, 3.05) is 11.3 Å². The van der Waals surface area contributed by atoms with E-state index >= 15 is 0 Å². The van der Waals surface area contributed by atoms with Crippen molar-refractivity contribution in [1.82, 2.24) is 15.0 Å². The van der Waals surface area contributed by atoms with E-state index in [1.165, 1.54) is 36.8 Å². The second-order valence-electron chi connectivity index (χ2n) is 8.11. The molecule has 0 fully saturated rings. The van der Waals surface area contributed by atoms with Crippen molar-refractivity contribution in [2.45, 2.75) is 30.5 Å². The number of alkyl halides is 3. The van der Waals surface area contributed by atoms with E-state index in [2.05, 4.69) is 19.7 Å². The van der Waals surface area contributed by atoms with Gasteiger partial charge < -0.3 is 9.47 Å². The van der Waals surface area contributed by atoms with Crippen molar-refractivity contribution in [3.05, 3.63) is 77.3 Å². The van der Waals surface area contributed by atoms with E-state index in [0.717, 1.165) is 23.5 Å². The van der Waals surface area contributed by atoms with Crippen LogP contribution >= 0.6 is 11.3 Å². The number of sulfonamides is 1. The molecule has 1 aliphatic rings. The third-order valence-electron chi connectivity index (χ3n) is 5.60. The number of nitrogens with zero attached hydrogens (tertiary/aromatic N) is 3. The first-order valence-electron chi connectivity index (χ1n) is 11.0. The molecule has 0 aliphatic carbocycles. The van der Waals surface area contributed by atoms with Gasteiger partial charge in [-0.2, -0.15) is 13.2 Å². The first kappa shape index (κ1) is 25.0. The number of fused-ring (bicyclic) bond motifs is 1. The average molecular weight is 549 g/mol. The molecule has 13 heteroatoms. The molecule has 1 N–H and O–H groups in total. The highest BCUT2D eigenvalue weighted by Crippen LogP contribution is 2.42. The first-order valence-corrected chi connectivity index (χ1v) is 13.3.